The third-order valence-electron chi connectivity index (χ3n) is 2.54. The first-order valence-corrected chi connectivity index (χ1v) is 4.72. The molecular formula is C12H10N2. The first-order chi connectivity index (χ1) is 6.95. The summed E-state index contributed by atoms with van der Waals surface area (Å²) in [6.45, 7) is 0. The molecule has 2 heteroatoms. The molecule has 0 amide bonds. The highest BCUT2D eigenvalue weighted by Gasteiger charge is 2.05. The molecule has 0 bridgehead atoms. The molecule has 0 saturated carbocycles. The summed E-state index contributed by atoms with van der Waals surface area (Å²) in [6.07, 6.45) is 6.69. The second kappa shape index (κ2) is 2.84. The minimum absolute atomic E-state index is 0.904. The van der Waals surface area contributed by atoms with Gasteiger partial charge in [-0.05, 0) is 12.1 Å². The van der Waals surface area contributed by atoms with Gasteiger partial charge in [-0.1, -0.05) is 18.2 Å². The first-order valence-electron chi connectivity index (χ1n) is 4.72. The van der Waals surface area contributed by atoms with Gasteiger partial charge in [0.05, 0.1) is 5.52 Å². The van der Waals surface area contributed by atoms with Crippen molar-refractivity contribution in [3.05, 3.63) is 42.2 Å². The van der Waals surface area contributed by atoms with Crippen LogP contribution in [0, 0.1) is 0 Å². The van der Waals surface area contributed by atoms with Crippen LogP contribution in [-0.4, -0.2) is 10.8 Å². The van der Waals surface area contributed by atoms with E-state index >= 15 is 0 Å². The third-order valence-corrected chi connectivity index (χ3v) is 2.54. The number of hydrogen-bond acceptors (Lipinski definition) is 1. The zero-order chi connectivity index (χ0) is 9.38. The van der Waals surface area contributed by atoms with E-state index in [1.807, 2.05) is 18.6 Å². The van der Waals surface area contributed by atoms with Gasteiger partial charge in [-0.25, -0.2) is 0 Å². The Morgan fingerprint density at radius 2 is 2.14 bits per heavy atom. The van der Waals surface area contributed by atoms with Gasteiger partial charge in [0.25, 0.3) is 0 Å². The lowest BCUT2D eigenvalue weighted by atomic mass is 10.2. The van der Waals surface area contributed by atoms with E-state index in [1.54, 1.807) is 0 Å². The van der Waals surface area contributed by atoms with E-state index in [0.29, 0.717) is 0 Å². The Morgan fingerprint density at radius 1 is 1.21 bits per heavy atom. The Morgan fingerprint density at radius 3 is 3.14 bits per heavy atom. The van der Waals surface area contributed by atoms with Crippen LogP contribution in [0.3, 0.4) is 0 Å². The van der Waals surface area contributed by atoms with Gasteiger partial charge in [-0.2, -0.15) is 0 Å². The second-order valence-electron chi connectivity index (χ2n) is 3.40. The monoisotopic (exact) mass is 182 g/mol. The highest BCUT2D eigenvalue weighted by atomic mass is 15.0. The zero-order valence-electron chi connectivity index (χ0n) is 7.72. The molecule has 0 fully saturated rings. The number of aliphatic imine (C=N–C) groups is 1. The topological polar surface area (TPSA) is 17.3 Å². The number of fused-ring (bicyclic) bond motifs is 3. The lowest BCUT2D eigenvalue weighted by molar-refractivity contribution is 1.10. The Balaban J connectivity index is 2.37. The van der Waals surface area contributed by atoms with Crippen molar-refractivity contribution in [3.63, 3.8) is 0 Å². The smallest absolute Gasteiger partial charge is 0.0526 e. The Hall–Kier alpha value is -1.83. The van der Waals surface area contributed by atoms with Crippen LogP contribution in [-0.2, 0) is 6.42 Å². The normalized spacial score (nSPS) is 14.3. The van der Waals surface area contributed by atoms with Gasteiger partial charge in [0, 0.05) is 36.1 Å². The molecule has 0 atom stereocenters. The molecule has 0 aliphatic carbocycles. The van der Waals surface area contributed by atoms with E-state index in [-0.39, 0.29) is 0 Å². The predicted octanol–water partition coefficient (Wildman–Crippen LogP) is 2.70. The minimum atomic E-state index is 0.904. The average molecular weight is 182 g/mol. The van der Waals surface area contributed by atoms with Crippen LogP contribution < -0.4 is 0 Å². The lowest BCUT2D eigenvalue weighted by Crippen LogP contribution is -1.92. The molecule has 1 aliphatic heterocycles. The molecule has 0 saturated heterocycles. The number of hydrogen-bond donors (Lipinski definition) is 0. The van der Waals surface area contributed by atoms with E-state index in [0.717, 1.165) is 6.42 Å². The Labute approximate surface area is 82.2 Å². The van der Waals surface area contributed by atoms with Crippen LogP contribution in [0.1, 0.15) is 5.69 Å². The highest BCUT2D eigenvalue weighted by molar-refractivity contribution is 5.85. The van der Waals surface area contributed by atoms with E-state index in [4.69, 9.17) is 0 Å². The predicted molar refractivity (Wildman–Crippen MR) is 59.5 cm³/mol. The van der Waals surface area contributed by atoms with Crippen LogP contribution in [0.2, 0.25) is 0 Å². The molecule has 1 aromatic heterocycles. The summed E-state index contributed by atoms with van der Waals surface area (Å²) in [5.74, 6) is 0. The van der Waals surface area contributed by atoms with Gasteiger partial charge >= 0.3 is 0 Å². The van der Waals surface area contributed by atoms with Crippen LogP contribution in [0.4, 0.5) is 0 Å². The molecule has 2 heterocycles. The summed E-state index contributed by atoms with van der Waals surface area (Å²) in [7, 11) is 0. The van der Waals surface area contributed by atoms with E-state index < -0.39 is 0 Å². The zero-order valence-corrected chi connectivity index (χ0v) is 7.72. The number of benzene rings is 1. The van der Waals surface area contributed by atoms with E-state index in [2.05, 4.69) is 39.9 Å². The van der Waals surface area contributed by atoms with Crippen LogP contribution >= 0.6 is 0 Å². The van der Waals surface area contributed by atoms with Crippen molar-refractivity contribution in [2.45, 2.75) is 6.42 Å². The number of rotatable bonds is 0. The van der Waals surface area contributed by atoms with Crippen LogP contribution in [0.5, 0.6) is 0 Å². The Bertz CT molecular complexity index is 532. The summed E-state index contributed by atoms with van der Waals surface area (Å²) in [6, 6.07) is 10.6. The summed E-state index contributed by atoms with van der Waals surface area (Å²) < 4.78 is 2.20. The van der Waals surface area contributed by atoms with Crippen molar-refractivity contribution in [2.75, 3.05) is 0 Å². The molecule has 0 unspecified atom stereocenters. The van der Waals surface area contributed by atoms with Crippen LogP contribution in [0.25, 0.3) is 17.1 Å². The fraction of sp³-hybridized carbons (Fsp3) is 0.0833. The molecule has 0 spiro atoms. The summed E-state index contributed by atoms with van der Waals surface area (Å²) in [4.78, 5) is 4.14. The molecular weight excluding hydrogens is 172 g/mol. The van der Waals surface area contributed by atoms with Crippen LogP contribution in [0.15, 0.2) is 41.5 Å². The molecule has 2 nitrogen and oxygen atoms in total. The number of nitrogens with zero attached hydrogens (tertiary/aromatic N) is 2. The summed E-state index contributed by atoms with van der Waals surface area (Å²) >= 11 is 0. The maximum absolute atomic E-state index is 4.14. The summed E-state index contributed by atoms with van der Waals surface area (Å²) in [5.41, 5.74) is 2.55. The fourth-order valence-electron chi connectivity index (χ4n) is 1.88. The standard InChI is InChI=1S/C12H10N2/c1-2-4-12-10(3-1)9-11-5-6-13-7-8-14(11)12/h1-4,6-9H,5H2. The SMILES string of the molecule is C1=Cn2c(cc3ccccc32)CC=N1. The van der Waals surface area contributed by atoms with E-state index in [1.165, 1.54) is 16.6 Å². The fourth-order valence-corrected chi connectivity index (χ4v) is 1.88. The van der Waals surface area contributed by atoms with Gasteiger partial charge < -0.3 is 4.57 Å². The quantitative estimate of drug-likeness (QED) is 0.596. The number of aromatic nitrogens is 1. The van der Waals surface area contributed by atoms with Crippen molar-refractivity contribution in [2.24, 2.45) is 4.99 Å². The maximum atomic E-state index is 4.14. The summed E-state index contributed by atoms with van der Waals surface area (Å²) in [5, 5.41) is 1.29. The van der Waals surface area contributed by atoms with Gasteiger partial charge in [0.2, 0.25) is 0 Å². The highest BCUT2D eigenvalue weighted by Crippen LogP contribution is 2.21. The Kier molecular flexibility index (Phi) is 1.53. The van der Waals surface area contributed by atoms with Crippen molar-refractivity contribution >= 4 is 23.3 Å². The van der Waals surface area contributed by atoms with Crippen molar-refractivity contribution in [1.29, 1.82) is 0 Å². The molecule has 0 N–H and O–H groups in total. The average Bonchev–Trinajstić information content (AvgIpc) is 2.42. The van der Waals surface area contributed by atoms with Gasteiger partial charge in [-0.15, -0.1) is 0 Å². The minimum Gasteiger partial charge on any atom is -0.318 e. The van der Waals surface area contributed by atoms with Crippen molar-refractivity contribution < 1.29 is 0 Å². The molecule has 1 aliphatic rings. The molecule has 68 valence electrons. The second-order valence-corrected chi connectivity index (χ2v) is 3.40. The molecule has 2 aromatic rings. The molecule has 1 aromatic carbocycles. The van der Waals surface area contributed by atoms with E-state index in [9.17, 15) is 0 Å². The van der Waals surface area contributed by atoms with Gasteiger partial charge in [-0.3, -0.25) is 4.99 Å². The van der Waals surface area contributed by atoms with Gasteiger partial charge in [0.1, 0.15) is 0 Å². The number of para-hydroxylation sites is 1. The molecule has 14 heavy (non-hydrogen) atoms. The van der Waals surface area contributed by atoms with Gasteiger partial charge in [0.15, 0.2) is 0 Å². The molecule has 3 rings (SSSR count). The molecule has 0 radical (unpaired) electrons. The lowest BCUT2D eigenvalue weighted by Gasteiger charge is -1.99. The largest absolute Gasteiger partial charge is 0.318 e. The maximum Gasteiger partial charge on any atom is 0.0526 e. The van der Waals surface area contributed by atoms with Crippen molar-refractivity contribution in [3.8, 4) is 0 Å². The third kappa shape index (κ3) is 1.01. The first kappa shape index (κ1) is 7.56. The van der Waals surface area contributed by atoms with Crippen molar-refractivity contribution in [1.82, 2.24) is 4.57 Å².